The monoisotopic (exact) mass is 336 g/mol. The van der Waals surface area contributed by atoms with Crippen molar-refractivity contribution in [1.29, 1.82) is 0 Å². The van der Waals surface area contributed by atoms with Gasteiger partial charge in [0.2, 0.25) is 5.91 Å². The third kappa shape index (κ3) is 5.98. The van der Waals surface area contributed by atoms with Crippen LogP contribution in [0.5, 0.6) is 0 Å². The predicted molar refractivity (Wildman–Crippen MR) is 94.5 cm³/mol. The Morgan fingerprint density at radius 3 is 2.57 bits per heavy atom. The molecular weight excluding hydrogens is 312 g/mol. The normalized spacial score (nSPS) is 17.6. The molecule has 1 heterocycles. The molecule has 0 bridgehead atoms. The Balaban J connectivity index is 1.84. The first-order valence-electron chi connectivity index (χ1n) is 8.09. The van der Waals surface area contributed by atoms with E-state index in [1.165, 1.54) is 0 Å². The van der Waals surface area contributed by atoms with Crippen molar-refractivity contribution in [2.24, 2.45) is 5.92 Å². The van der Waals surface area contributed by atoms with Gasteiger partial charge >= 0.3 is 0 Å². The fourth-order valence-electron chi connectivity index (χ4n) is 2.71. The smallest absolute Gasteiger partial charge is 0.244 e. The molecule has 0 aliphatic carbocycles. The summed E-state index contributed by atoms with van der Waals surface area (Å²) in [4.78, 5) is 14.4. The summed E-state index contributed by atoms with van der Waals surface area (Å²) in [7, 11) is 0. The van der Waals surface area contributed by atoms with Gasteiger partial charge in [-0.2, -0.15) is 0 Å². The molecule has 1 amide bonds. The van der Waals surface area contributed by atoms with Crippen molar-refractivity contribution in [2.45, 2.75) is 19.9 Å². The van der Waals surface area contributed by atoms with Gasteiger partial charge in [0, 0.05) is 36.8 Å². The highest BCUT2D eigenvalue weighted by atomic mass is 35.5. The molecule has 23 heavy (non-hydrogen) atoms. The zero-order valence-electron chi connectivity index (χ0n) is 13.8. The van der Waals surface area contributed by atoms with Gasteiger partial charge in [0.15, 0.2) is 0 Å². The molecule has 1 unspecified atom stereocenters. The summed E-state index contributed by atoms with van der Waals surface area (Å²) in [6, 6.07) is 7.73. The number of rotatable bonds is 6. The fourth-order valence-corrected chi connectivity index (χ4v) is 2.83. The summed E-state index contributed by atoms with van der Waals surface area (Å²) < 4.78 is 5.40. The average Bonchev–Trinajstić information content (AvgIpc) is 2.55. The molecule has 1 aliphatic rings. The number of nitrogens with zero attached hydrogens (tertiary/aromatic N) is 1. The van der Waals surface area contributed by atoms with Crippen LogP contribution in [0.2, 0.25) is 5.02 Å². The molecule has 2 rings (SSSR count). The Bertz CT molecular complexity index is 522. The van der Waals surface area contributed by atoms with Crippen molar-refractivity contribution in [3.05, 3.63) is 40.9 Å². The number of hydrogen-bond donors (Lipinski definition) is 1. The van der Waals surface area contributed by atoms with Gasteiger partial charge in [-0.05, 0) is 29.7 Å². The van der Waals surface area contributed by atoms with Crippen molar-refractivity contribution in [3.63, 3.8) is 0 Å². The van der Waals surface area contributed by atoms with Gasteiger partial charge in [-0.25, -0.2) is 0 Å². The molecular formula is C18H25ClN2O2. The van der Waals surface area contributed by atoms with Gasteiger partial charge in [0.25, 0.3) is 0 Å². The lowest BCUT2D eigenvalue weighted by atomic mass is 10.0. The first kappa shape index (κ1) is 18.0. The fraction of sp³-hybridized carbons (Fsp3) is 0.500. The molecule has 1 atom stereocenters. The van der Waals surface area contributed by atoms with E-state index in [0.717, 1.165) is 31.9 Å². The van der Waals surface area contributed by atoms with Crippen LogP contribution in [0.3, 0.4) is 0 Å². The number of ether oxygens (including phenoxy) is 1. The van der Waals surface area contributed by atoms with Gasteiger partial charge in [-0.3, -0.25) is 9.69 Å². The minimum Gasteiger partial charge on any atom is -0.379 e. The van der Waals surface area contributed by atoms with Crippen LogP contribution in [0.1, 0.15) is 19.4 Å². The summed E-state index contributed by atoms with van der Waals surface area (Å²) in [5.41, 5.74) is 0.957. The quantitative estimate of drug-likeness (QED) is 0.812. The maximum absolute atomic E-state index is 12.0. The van der Waals surface area contributed by atoms with E-state index in [9.17, 15) is 4.79 Å². The number of benzene rings is 1. The number of amides is 1. The summed E-state index contributed by atoms with van der Waals surface area (Å²) in [5, 5.41) is 3.70. The lowest BCUT2D eigenvalue weighted by molar-refractivity contribution is -0.116. The minimum atomic E-state index is -0.0705. The van der Waals surface area contributed by atoms with E-state index >= 15 is 0 Å². The average molecular weight is 337 g/mol. The summed E-state index contributed by atoms with van der Waals surface area (Å²) >= 11 is 5.85. The zero-order chi connectivity index (χ0) is 16.7. The van der Waals surface area contributed by atoms with Gasteiger partial charge in [-0.1, -0.05) is 37.6 Å². The minimum absolute atomic E-state index is 0.0705. The van der Waals surface area contributed by atoms with Crippen molar-refractivity contribution in [1.82, 2.24) is 10.2 Å². The Hall–Kier alpha value is -1.36. The van der Waals surface area contributed by atoms with Crippen molar-refractivity contribution < 1.29 is 9.53 Å². The number of nitrogens with one attached hydrogen (secondary N) is 1. The number of morpholine rings is 1. The van der Waals surface area contributed by atoms with Gasteiger partial charge in [0.1, 0.15) is 0 Å². The third-order valence-electron chi connectivity index (χ3n) is 4.07. The molecule has 5 heteroatoms. The summed E-state index contributed by atoms with van der Waals surface area (Å²) in [6.45, 7) is 8.44. The highest BCUT2D eigenvalue weighted by Gasteiger charge is 2.23. The first-order valence-corrected chi connectivity index (χ1v) is 8.47. The Morgan fingerprint density at radius 1 is 1.30 bits per heavy atom. The van der Waals surface area contributed by atoms with E-state index < -0.39 is 0 Å². The van der Waals surface area contributed by atoms with Crippen LogP contribution in [-0.4, -0.2) is 49.7 Å². The molecule has 1 aromatic rings. The van der Waals surface area contributed by atoms with E-state index in [1.807, 2.05) is 24.3 Å². The van der Waals surface area contributed by atoms with E-state index in [2.05, 4.69) is 24.1 Å². The second-order valence-corrected chi connectivity index (χ2v) is 6.53. The number of hydrogen-bond acceptors (Lipinski definition) is 3. The molecule has 0 spiro atoms. The molecule has 1 saturated heterocycles. The van der Waals surface area contributed by atoms with Crippen LogP contribution < -0.4 is 5.32 Å². The standard InChI is InChI=1S/C18H25ClN2O2/c1-14(2)17(21-9-11-23-12-10-21)13-20-18(22)8-5-15-3-6-16(19)7-4-15/h3-8,14,17H,9-13H2,1-2H3,(H,20,22)/b8-5+. The van der Waals surface area contributed by atoms with Crippen LogP contribution in [0.25, 0.3) is 6.08 Å². The van der Waals surface area contributed by atoms with Crippen LogP contribution in [0.4, 0.5) is 0 Å². The van der Waals surface area contributed by atoms with Gasteiger partial charge in [0.05, 0.1) is 13.2 Å². The molecule has 1 aliphatic heterocycles. The third-order valence-corrected chi connectivity index (χ3v) is 4.32. The first-order chi connectivity index (χ1) is 11.1. The lowest BCUT2D eigenvalue weighted by Crippen LogP contribution is -2.51. The SMILES string of the molecule is CC(C)C(CNC(=O)/C=C/c1ccc(Cl)cc1)N1CCOCC1. The van der Waals surface area contributed by atoms with Crippen LogP contribution in [0.15, 0.2) is 30.3 Å². The number of carbonyl (C=O) groups excluding carboxylic acids is 1. The van der Waals surface area contributed by atoms with Gasteiger partial charge < -0.3 is 10.1 Å². The molecule has 0 aromatic heterocycles. The highest BCUT2D eigenvalue weighted by molar-refractivity contribution is 6.30. The van der Waals surface area contributed by atoms with Crippen molar-refractivity contribution in [3.8, 4) is 0 Å². The van der Waals surface area contributed by atoms with Crippen molar-refractivity contribution >= 4 is 23.6 Å². The topological polar surface area (TPSA) is 41.6 Å². The van der Waals surface area contributed by atoms with E-state index in [-0.39, 0.29) is 5.91 Å². The maximum atomic E-state index is 12.0. The Kier molecular flexibility index (Phi) is 7.09. The second-order valence-electron chi connectivity index (χ2n) is 6.09. The Morgan fingerprint density at radius 2 is 1.96 bits per heavy atom. The van der Waals surface area contributed by atoms with E-state index in [0.29, 0.717) is 23.5 Å². The lowest BCUT2D eigenvalue weighted by Gasteiger charge is -2.36. The summed E-state index contributed by atoms with van der Waals surface area (Å²) in [6.07, 6.45) is 3.37. The molecule has 1 N–H and O–H groups in total. The van der Waals surface area contributed by atoms with Gasteiger partial charge in [-0.15, -0.1) is 0 Å². The molecule has 1 aromatic carbocycles. The van der Waals surface area contributed by atoms with Crippen LogP contribution >= 0.6 is 11.6 Å². The Labute approximate surface area is 143 Å². The van der Waals surface area contributed by atoms with Crippen molar-refractivity contribution in [2.75, 3.05) is 32.8 Å². The predicted octanol–water partition coefficient (Wildman–Crippen LogP) is 2.83. The number of halogens is 1. The molecule has 1 fully saturated rings. The molecule has 0 saturated carbocycles. The number of carbonyl (C=O) groups is 1. The molecule has 0 radical (unpaired) electrons. The van der Waals surface area contributed by atoms with E-state index in [1.54, 1.807) is 12.2 Å². The maximum Gasteiger partial charge on any atom is 0.244 e. The highest BCUT2D eigenvalue weighted by Crippen LogP contribution is 2.13. The van der Waals surface area contributed by atoms with E-state index in [4.69, 9.17) is 16.3 Å². The zero-order valence-corrected chi connectivity index (χ0v) is 14.6. The summed E-state index contributed by atoms with van der Waals surface area (Å²) in [5.74, 6) is 0.410. The second kappa shape index (κ2) is 9.06. The molecule has 4 nitrogen and oxygen atoms in total. The largest absolute Gasteiger partial charge is 0.379 e. The van der Waals surface area contributed by atoms with Crippen LogP contribution in [0, 0.1) is 5.92 Å². The van der Waals surface area contributed by atoms with Crippen LogP contribution in [-0.2, 0) is 9.53 Å². The molecule has 126 valence electrons.